The molecule has 0 fully saturated rings. The Hall–Kier alpha value is -1.94. The number of hydrogen-bond acceptors (Lipinski definition) is 3. The molecule has 0 aliphatic rings. The highest BCUT2D eigenvalue weighted by Crippen LogP contribution is 2.17. The Morgan fingerprint density at radius 2 is 1.88 bits per heavy atom. The molecule has 0 aliphatic heterocycles. The van der Waals surface area contributed by atoms with E-state index in [1.54, 1.807) is 18.9 Å². The Morgan fingerprint density at radius 3 is 2.62 bits per heavy atom. The number of hydrogen-bond donors (Lipinski definition) is 1. The minimum Gasteiger partial charge on any atom is -0.497 e. The first-order valence-corrected chi connectivity index (χ1v) is 9.30. The summed E-state index contributed by atoms with van der Waals surface area (Å²) in [6.45, 7) is 2.66. The van der Waals surface area contributed by atoms with Gasteiger partial charge in [0.25, 0.3) is 0 Å². The van der Waals surface area contributed by atoms with Crippen LogP contribution in [0.4, 0.5) is 0 Å². The highest BCUT2D eigenvalue weighted by atomic mass is 32.2. The first kappa shape index (κ1) is 18.4. The predicted molar refractivity (Wildman–Crippen MR) is 102 cm³/mol. The second-order valence-electron chi connectivity index (χ2n) is 5.68. The molecule has 4 heteroatoms. The number of rotatable bonds is 9. The average Bonchev–Trinajstić information content (AvgIpc) is 2.64. The summed E-state index contributed by atoms with van der Waals surface area (Å²) in [6.07, 6.45) is 1.86. The number of thioether (sulfide) groups is 1. The molecule has 0 saturated carbocycles. The second-order valence-corrected chi connectivity index (χ2v) is 7.01. The van der Waals surface area contributed by atoms with Crippen molar-refractivity contribution in [1.29, 1.82) is 0 Å². The van der Waals surface area contributed by atoms with Gasteiger partial charge in [0.2, 0.25) is 5.91 Å². The highest BCUT2D eigenvalue weighted by Gasteiger charge is 2.12. The molecule has 0 aliphatic carbocycles. The third-order valence-corrected chi connectivity index (χ3v) is 5.00. The van der Waals surface area contributed by atoms with Crippen molar-refractivity contribution in [3.8, 4) is 5.75 Å². The maximum atomic E-state index is 12.1. The van der Waals surface area contributed by atoms with E-state index < -0.39 is 0 Å². The Bertz CT molecular complexity index is 631. The van der Waals surface area contributed by atoms with Crippen LogP contribution in [-0.2, 0) is 17.0 Å². The van der Waals surface area contributed by atoms with Crippen LogP contribution in [0.3, 0.4) is 0 Å². The van der Waals surface area contributed by atoms with Gasteiger partial charge in [0.1, 0.15) is 5.75 Å². The van der Waals surface area contributed by atoms with Crippen LogP contribution < -0.4 is 10.1 Å². The van der Waals surface area contributed by atoms with Crippen molar-refractivity contribution in [3.63, 3.8) is 0 Å². The van der Waals surface area contributed by atoms with Gasteiger partial charge < -0.3 is 10.1 Å². The summed E-state index contributed by atoms with van der Waals surface area (Å²) in [6, 6.07) is 18.3. The van der Waals surface area contributed by atoms with Crippen molar-refractivity contribution < 1.29 is 9.53 Å². The SMILES string of the molecule is COc1cccc(CCCNC(=O)C(C)SCc2ccccc2)c1. The van der Waals surface area contributed by atoms with E-state index in [9.17, 15) is 4.79 Å². The van der Waals surface area contributed by atoms with Gasteiger partial charge in [-0.3, -0.25) is 4.79 Å². The third-order valence-electron chi connectivity index (χ3n) is 3.79. The lowest BCUT2D eigenvalue weighted by Crippen LogP contribution is -2.31. The van der Waals surface area contributed by atoms with Crippen LogP contribution in [0.1, 0.15) is 24.5 Å². The first-order chi connectivity index (χ1) is 11.7. The summed E-state index contributed by atoms with van der Waals surface area (Å²) in [5.41, 5.74) is 2.48. The number of aryl methyl sites for hydroxylation is 1. The van der Waals surface area contributed by atoms with Crippen molar-refractivity contribution in [2.75, 3.05) is 13.7 Å². The van der Waals surface area contributed by atoms with E-state index in [2.05, 4.69) is 23.5 Å². The summed E-state index contributed by atoms with van der Waals surface area (Å²) in [4.78, 5) is 12.1. The molecule has 2 aromatic carbocycles. The Labute approximate surface area is 148 Å². The lowest BCUT2D eigenvalue weighted by Gasteiger charge is -2.12. The Morgan fingerprint density at radius 1 is 1.12 bits per heavy atom. The zero-order valence-corrected chi connectivity index (χ0v) is 15.1. The number of carbonyl (C=O) groups excluding carboxylic acids is 1. The largest absolute Gasteiger partial charge is 0.497 e. The van der Waals surface area contributed by atoms with E-state index in [0.717, 1.165) is 24.3 Å². The second kappa shape index (κ2) is 10.0. The smallest absolute Gasteiger partial charge is 0.232 e. The van der Waals surface area contributed by atoms with Crippen LogP contribution in [0, 0.1) is 0 Å². The van der Waals surface area contributed by atoms with Crippen molar-refractivity contribution >= 4 is 17.7 Å². The van der Waals surface area contributed by atoms with Gasteiger partial charge in [-0.1, -0.05) is 42.5 Å². The fourth-order valence-corrected chi connectivity index (χ4v) is 3.22. The van der Waals surface area contributed by atoms with Gasteiger partial charge in [-0.2, -0.15) is 0 Å². The van der Waals surface area contributed by atoms with E-state index in [4.69, 9.17) is 4.74 Å². The average molecular weight is 343 g/mol. The van der Waals surface area contributed by atoms with Crippen molar-refractivity contribution in [1.82, 2.24) is 5.32 Å². The zero-order chi connectivity index (χ0) is 17.2. The van der Waals surface area contributed by atoms with Gasteiger partial charge in [-0.15, -0.1) is 11.8 Å². The maximum Gasteiger partial charge on any atom is 0.232 e. The minimum absolute atomic E-state index is 0.0398. The molecule has 24 heavy (non-hydrogen) atoms. The molecule has 1 unspecified atom stereocenters. The van der Waals surface area contributed by atoms with Crippen molar-refractivity contribution in [3.05, 3.63) is 65.7 Å². The van der Waals surface area contributed by atoms with Crippen LogP contribution in [0.25, 0.3) is 0 Å². The molecular weight excluding hydrogens is 318 g/mol. The van der Waals surface area contributed by atoms with E-state index in [1.807, 2.05) is 43.3 Å². The number of methoxy groups -OCH3 is 1. The lowest BCUT2D eigenvalue weighted by atomic mass is 10.1. The molecule has 3 nitrogen and oxygen atoms in total. The van der Waals surface area contributed by atoms with Gasteiger partial charge in [0.05, 0.1) is 12.4 Å². The standard InChI is InChI=1S/C20H25NO2S/c1-16(24-15-18-8-4-3-5-9-18)20(22)21-13-7-11-17-10-6-12-19(14-17)23-2/h3-6,8-10,12,14,16H,7,11,13,15H2,1-2H3,(H,21,22). The van der Waals surface area contributed by atoms with Gasteiger partial charge >= 0.3 is 0 Å². The van der Waals surface area contributed by atoms with Crippen LogP contribution >= 0.6 is 11.8 Å². The molecule has 0 bridgehead atoms. The van der Waals surface area contributed by atoms with E-state index in [0.29, 0.717) is 6.54 Å². The summed E-state index contributed by atoms with van der Waals surface area (Å²) in [7, 11) is 1.67. The molecule has 0 heterocycles. The monoisotopic (exact) mass is 343 g/mol. The third kappa shape index (κ3) is 6.28. The maximum absolute atomic E-state index is 12.1. The molecule has 2 aromatic rings. The summed E-state index contributed by atoms with van der Waals surface area (Å²) in [5, 5.41) is 2.99. The first-order valence-electron chi connectivity index (χ1n) is 8.25. The van der Waals surface area contributed by atoms with E-state index in [1.165, 1.54) is 11.1 Å². The fourth-order valence-electron chi connectivity index (χ4n) is 2.35. The Balaban J connectivity index is 1.65. The molecule has 0 spiro atoms. The topological polar surface area (TPSA) is 38.3 Å². The molecule has 0 saturated heterocycles. The molecule has 0 radical (unpaired) electrons. The van der Waals surface area contributed by atoms with Crippen molar-refractivity contribution in [2.45, 2.75) is 30.8 Å². The van der Waals surface area contributed by atoms with E-state index in [-0.39, 0.29) is 11.2 Å². The number of benzene rings is 2. The molecule has 1 amide bonds. The molecule has 2 rings (SSSR count). The van der Waals surface area contributed by atoms with Crippen molar-refractivity contribution in [2.24, 2.45) is 0 Å². The van der Waals surface area contributed by atoms with Gasteiger partial charge in [0, 0.05) is 12.3 Å². The van der Waals surface area contributed by atoms with Crippen LogP contribution in [0.15, 0.2) is 54.6 Å². The number of amides is 1. The molecule has 1 N–H and O–H groups in total. The molecule has 0 aromatic heterocycles. The molecular formula is C20H25NO2S. The van der Waals surface area contributed by atoms with Gasteiger partial charge in [-0.25, -0.2) is 0 Å². The fraction of sp³-hybridized carbons (Fsp3) is 0.350. The summed E-state index contributed by atoms with van der Waals surface area (Å²) < 4.78 is 5.22. The van der Waals surface area contributed by atoms with Gasteiger partial charge in [-0.05, 0) is 43.0 Å². The van der Waals surface area contributed by atoms with Crippen LogP contribution in [0.5, 0.6) is 5.75 Å². The Kier molecular flexibility index (Phi) is 7.69. The molecule has 128 valence electrons. The number of carbonyl (C=O) groups is 1. The normalized spacial score (nSPS) is 11.8. The zero-order valence-electron chi connectivity index (χ0n) is 14.3. The number of nitrogens with one attached hydrogen (secondary N) is 1. The lowest BCUT2D eigenvalue weighted by molar-refractivity contribution is -0.120. The van der Waals surface area contributed by atoms with Crippen LogP contribution in [-0.4, -0.2) is 24.8 Å². The predicted octanol–water partition coefficient (Wildman–Crippen LogP) is 4.07. The molecule has 1 atom stereocenters. The summed E-state index contributed by atoms with van der Waals surface area (Å²) in [5.74, 6) is 1.85. The highest BCUT2D eigenvalue weighted by molar-refractivity contribution is 7.99. The summed E-state index contributed by atoms with van der Waals surface area (Å²) >= 11 is 1.67. The quantitative estimate of drug-likeness (QED) is 0.698. The van der Waals surface area contributed by atoms with E-state index >= 15 is 0 Å². The van der Waals surface area contributed by atoms with Crippen LogP contribution in [0.2, 0.25) is 0 Å². The number of ether oxygens (including phenoxy) is 1. The van der Waals surface area contributed by atoms with Gasteiger partial charge in [0.15, 0.2) is 0 Å². The minimum atomic E-state index is -0.0398.